The lowest BCUT2D eigenvalue weighted by molar-refractivity contribution is 0.104. The fourth-order valence-corrected chi connectivity index (χ4v) is 2.28. The molecule has 120 valence electrons. The van der Waals surface area contributed by atoms with Gasteiger partial charge >= 0.3 is 0 Å². The Morgan fingerprint density at radius 2 is 1.96 bits per heavy atom. The van der Waals surface area contributed by atoms with Crippen LogP contribution in [-0.2, 0) is 0 Å². The number of ether oxygens (including phenoxy) is 1. The van der Waals surface area contributed by atoms with Gasteiger partial charge in [0.05, 0.1) is 12.7 Å². The van der Waals surface area contributed by atoms with Crippen LogP contribution in [0.3, 0.4) is 0 Å². The molecule has 1 N–H and O–H groups in total. The average molecular weight is 314 g/mol. The van der Waals surface area contributed by atoms with Crippen molar-refractivity contribution in [1.29, 1.82) is 0 Å². The van der Waals surface area contributed by atoms with Crippen LogP contribution in [0.25, 0.3) is 6.08 Å². The third-order valence-electron chi connectivity index (χ3n) is 3.53. The van der Waals surface area contributed by atoms with E-state index in [0.29, 0.717) is 5.92 Å². The molecule has 0 amide bonds. The molecule has 4 heteroatoms. The monoisotopic (exact) mass is 314 g/mol. The summed E-state index contributed by atoms with van der Waals surface area (Å²) < 4.78 is 18.6. The maximum Gasteiger partial charge on any atom is 0.189 e. The molecule has 0 aliphatic carbocycles. The molecule has 0 heterocycles. The lowest BCUT2D eigenvalue weighted by Gasteiger charge is -2.12. The van der Waals surface area contributed by atoms with Crippen molar-refractivity contribution in [2.45, 2.75) is 19.8 Å². The summed E-state index contributed by atoms with van der Waals surface area (Å²) in [6.45, 7) is 4.15. The number of halogens is 1. The molecule has 0 bridgehead atoms. The Kier molecular flexibility index (Phi) is 5.16. The molecule has 2 aromatic carbocycles. The third kappa shape index (κ3) is 3.97. The van der Waals surface area contributed by atoms with E-state index in [9.17, 15) is 14.3 Å². The van der Waals surface area contributed by atoms with Crippen LogP contribution < -0.4 is 4.74 Å². The molecule has 0 aliphatic rings. The molecule has 0 aliphatic heterocycles. The molecule has 0 unspecified atom stereocenters. The predicted molar refractivity (Wildman–Crippen MR) is 88.5 cm³/mol. The summed E-state index contributed by atoms with van der Waals surface area (Å²) >= 11 is 0. The molecule has 0 fully saturated rings. The first-order valence-corrected chi connectivity index (χ1v) is 7.31. The molecular formula is C19H19FO3. The largest absolute Gasteiger partial charge is 0.507 e. The van der Waals surface area contributed by atoms with Gasteiger partial charge in [-0.25, -0.2) is 4.39 Å². The van der Waals surface area contributed by atoms with Gasteiger partial charge < -0.3 is 9.84 Å². The van der Waals surface area contributed by atoms with Crippen LogP contribution in [0.15, 0.2) is 42.5 Å². The van der Waals surface area contributed by atoms with E-state index in [-0.39, 0.29) is 11.3 Å². The smallest absolute Gasteiger partial charge is 0.189 e. The minimum Gasteiger partial charge on any atom is -0.507 e. The Balaban J connectivity index is 2.26. The van der Waals surface area contributed by atoms with Crippen molar-refractivity contribution in [3.63, 3.8) is 0 Å². The van der Waals surface area contributed by atoms with Gasteiger partial charge in [0.25, 0.3) is 0 Å². The summed E-state index contributed by atoms with van der Waals surface area (Å²) in [5.74, 6) is -0.192. The van der Waals surface area contributed by atoms with Gasteiger partial charge in [0, 0.05) is 0 Å². The molecule has 0 saturated heterocycles. The molecule has 0 saturated carbocycles. The quantitative estimate of drug-likeness (QED) is 0.650. The highest BCUT2D eigenvalue weighted by Crippen LogP contribution is 2.28. The van der Waals surface area contributed by atoms with Crippen LogP contribution in [-0.4, -0.2) is 18.0 Å². The topological polar surface area (TPSA) is 46.5 Å². The number of carbonyl (C=O) groups excluding carboxylic acids is 1. The average Bonchev–Trinajstić information content (AvgIpc) is 2.54. The van der Waals surface area contributed by atoms with Crippen molar-refractivity contribution in [2.75, 3.05) is 7.11 Å². The minimum absolute atomic E-state index is 0.0629. The van der Waals surface area contributed by atoms with Crippen molar-refractivity contribution < 1.29 is 19.0 Å². The highest BCUT2D eigenvalue weighted by atomic mass is 19.1. The Labute approximate surface area is 135 Å². The van der Waals surface area contributed by atoms with Crippen LogP contribution in [0, 0.1) is 5.82 Å². The molecule has 0 spiro atoms. The van der Waals surface area contributed by atoms with E-state index in [4.69, 9.17) is 4.74 Å². The summed E-state index contributed by atoms with van der Waals surface area (Å²) in [6.07, 6.45) is 2.91. The van der Waals surface area contributed by atoms with Crippen LogP contribution in [0.1, 0.15) is 41.3 Å². The van der Waals surface area contributed by atoms with E-state index < -0.39 is 11.6 Å². The standard InChI is InChI=1S/C19H19FO3/c1-12(2)15-7-4-13(10-19(15)23-3)5-8-17(21)16-11-14(20)6-9-18(16)22/h4-12,22H,1-3H3/b8-5+. The maximum atomic E-state index is 13.2. The number of ketones is 1. The second kappa shape index (κ2) is 7.09. The number of methoxy groups -OCH3 is 1. The molecule has 23 heavy (non-hydrogen) atoms. The Hall–Kier alpha value is -2.62. The first-order valence-electron chi connectivity index (χ1n) is 7.31. The zero-order valence-corrected chi connectivity index (χ0v) is 13.3. The van der Waals surface area contributed by atoms with E-state index in [2.05, 4.69) is 13.8 Å². The van der Waals surface area contributed by atoms with Gasteiger partial charge in [0.15, 0.2) is 5.78 Å². The summed E-state index contributed by atoms with van der Waals surface area (Å²) in [4.78, 5) is 12.1. The SMILES string of the molecule is COc1cc(/C=C/C(=O)c2cc(F)ccc2O)ccc1C(C)C. The summed E-state index contributed by atoms with van der Waals surface area (Å²) in [5, 5.41) is 9.64. The Morgan fingerprint density at radius 1 is 1.22 bits per heavy atom. The number of rotatable bonds is 5. The van der Waals surface area contributed by atoms with Crippen molar-refractivity contribution in [2.24, 2.45) is 0 Å². The number of allylic oxidation sites excluding steroid dienone is 1. The van der Waals surface area contributed by atoms with E-state index in [1.165, 1.54) is 6.08 Å². The van der Waals surface area contributed by atoms with Crippen LogP contribution >= 0.6 is 0 Å². The van der Waals surface area contributed by atoms with Gasteiger partial charge in [-0.1, -0.05) is 32.1 Å². The lowest BCUT2D eigenvalue weighted by Crippen LogP contribution is -1.96. The van der Waals surface area contributed by atoms with Crippen LogP contribution in [0.5, 0.6) is 11.5 Å². The fourth-order valence-electron chi connectivity index (χ4n) is 2.28. The van der Waals surface area contributed by atoms with Crippen molar-refractivity contribution in [3.05, 3.63) is 65.0 Å². The van der Waals surface area contributed by atoms with Gasteiger partial charge in [-0.2, -0.15) is 0 Å². The van der Waals surface area contributed by atoms with E-state index in [1.54, 1.807) is 13.2 Å². The Bertz CT molecular complexity index is 748. The highest BCUT2D eigenvalue weighted by Gasteiger charge is 2.10. The van der Waals surface area contributed by atoms with Crippen molar-refractivity contribution in [1.82, 2.24) is 0 Å². The van der Waals surface area contributed by atoms with Gasteiger partial charge in [0.1, 0.15) is 17.3 Å². The third-order valence-corrected chi connectivity index (χ3v) is 3.53. The summed E-state index contributed by atoms with van der Waals surface area (Å²) in [5.41, 5.74) is 1.81. The zero-order valence-electron chi connectivity index (χ0n) is 13.3. The second-order valence-electron chi connectivity index (χ2n) is 5.52. The molecular weight excluding hydrogens is 295 g/mol. The summed E-state index contributed by atoms with van der Waals surface area (Å²) in [6, 6.07) is 8.96. The number of phenols is 1. The molecule has 0 atom stereocenters. The van der Waals surface area contributed by atoms with Crippen molar-refractivity contribution in [3.8, 4) is 11.5 Å². The van der Waals surface area contributed by atoms with E-state index in [1.807, 2.05) is 18.2 Å². The van der Waals surface area contributed by atoms with Gasteiger partial charge in [-0.15, -0.1) is 0 Å². The van der Waals surface area contributed by atoms with E-state index in [0.717, 1.165) is 35.1 Å². The normalized spacial score (nSPS) is 11.2. The number of carbonyl (C=O) groups is 1. The number of phenolic OH excluding ortho intramolecular Hbond substituents is 1. The fraction of sp³-hybridized carbons (Fsp3) is 0.211. The molecule has 0 radical (unpaired) electrons. The number of hydrogen-bond donors (Lipinski definition) is 1. The van der Waals surface area contributed by atoms with Gasteiger partial charge in [-0.3, -0.25) is 4.79 Å². The number of aromatic hydroxyl groups is 1. The van der Waals surface area contributed by atoms with Gasteiger partial charge in [-0.05, 0) is 47.4 Å². The van der Waals surface area contributed by atoms with Crippen LogP contribution in [0.2, 0.25) is 0 Å². The zero-order chi connectivity index (χ0) is 17.0. The number of hydrogen-bond acceptors (Lipinski definition) is 3. The lowest BCUT2D eigenvalue weighted by atomic mass is 10.00. The molecule has 2 rings (SSSR count). The Morgan fingerprint density at radius 3 is 2.61 bits per heavy atom. The second-order valence-corrected chi connectivity index (χ2v) is 5.52. The number of benzene rings is 2. The van der Waals surface area contributed by atoms with E-state index >= 15 is 0 Å². The first kappa shape index (κ1) is 16.7. The molecule has 2 aromatic rings. The first-order chi connectivity index (χ1) is 10.9. The van der Waals surface area contributed by atoms with Crippen LogP contribution in [0.4, 0.5) is 4.39 Å². The molecule has 0 aromatic heterocycles. The highest BCUT2D eigenvalue weighted by molar-refractivity contribution is 6.08. The molecule has 3 nitrogen and oxygen atoms in total. The maximum absolute atomic E-state index is 13.2. The van der Waals surface area contributed by atoms with Crippen molar-refractivity contribution >= 4 is 11.9 Å². The summed E-state index contributed by atoms with van der Waals surface area (Å²) in [7, 11) is 1.60. The minimum atomic E-state index is -0.567. The van der Waals surface area contributed by atoms with Gasteiger partial charge in [0.2, 0.25) is 0 Å². The predicted octanol–water partition coefficient (Wildman–Crippen LogP) is 4.56.